The van der Waals surface area contributed by atoms with Crippen LogP contribution in [0.15, 0.2) is 0 Å². The van der Waals surface area contributed by atoms with Gasteiger partial charge >= 0.3 is 0 Å². The van der Waals surface area contributed by atoms with Crippen LogP contribution in [0.3, 0.4) is 0 Å². The van der Waals surface area contributed by atoms with Gasteiger partial charge in [0.05, 0.1) is 18.8 Å². The second kappa shape index (κ2) is 3.72. The minimum absolute atomic E-state index is 0.505. The lowest BCUT2D eigenvalue weighted by Crippen LogP contribution is -2.45. The number of fused-ring (bicyclic) bond motifs is 2. The Labute approximate surface area is 91.7 Å². The van der Waals surface area contributed by atoms with Crippen molar-refractivity contribution >= 4 is 0 Å². The predicted octanol–water partition coefficient (Wildman–Crippen LogP) is 1.28. The van der Waals surface area contributed by atoms with Crippen molar-refractivity contribution in [1.29, 1.82) is 0 Å². The van der Waals surface area contributed by atoms with Gasteiger partial charge in [0.25, 0.3) is 0 Å². The summed E-state index contributed by atoms with van der Waals surface area (Å²) in [5.74, 6) is 0. The number of ether oxygens (including phenoxy) is 2. The van der Waals surface area contributed by atoms with Gasteiger partial charge in [0.1, 0.15) is 0 Å². The fraction of sp³-hybridized carbons (Fsp3) is 1.00. The molecule has 2 unspecified atom stereocenters. The van der Waals surface area contributed by atoms with Gasteiger partial charge in [0.2, 0.25) is 0 Å². The first-order valence-electron chi connectivity index (χ1n) is 6.16. The normalized spacial score (nSPS) is 38.2. The fourth-order valence-corrected chi connectivity index (χ4v) is 3.13. The number of methoxy groups -OCH3 is 1. The molecule has 86 valence electrons. The number of rotatable bonds is 4. The van der Waals surface area contributed by atoms with Crippen LogP contribution in [0.1, 0.15) is 25.7 Å². The Morgan fingerprint density at radius 2 is 1.93 bits per heavy atom. The molecule has 2 aliphatic heterocycles. The summed E-state index contributed by atoms with van der Waals surface area (Å²) < 4.78 is 11.2. The molecule has 2 heterocycles. The molecular weight excluding hydrogens is 190 g/mol. The van der Waals surface area contributed by atoms with E-state index in [0.29, 0.717) is 17.6 Å². The zero-order valence-corrected chi connectivity index (χ0v) is 9.58. The molecule has 1 saturated carbocycles. The minimum Gasteiger partial charge on any atom is -0.384 e. The number of morpholine rings is 1. The van der Waals surface area contributed by atoms with Gasteiger partial charge in [-0.05, 0) is 25.7 Å². The van der Waals surface area contributed by atoms with Crippen LogP contribution < -0.4 is 0 Å². The van der Waals surface area contributed by atoms with E-state index < -0.39 is 0 Å². The zero-order valence-electron chi connectivity index (χ0n) is 9.58. The molecule has 3 heteroatoms. The second-order valence-corrected chi connectivity index (χ2v) is 5.58. The Hall–Kier alpha value is -0.120. The molecular formula is C12H21NO2. The van der Waals surface area contributed by atoms with Crippen molar-refractivity contribution < 1.29 is 9.47 Å². The molecule has 2 bridgehead atoms. The summed E-state index contributed by atoms with van der Waals surface area (Å²) in [5.41, 5.74) is 0.505. The van der Waals surface area contributed by atoms with Crippen LogP contribution in [0.4, 0.5) is 0 Å². The fourth-order valence-electron chi connectivity index (χ4n) is 3.13. The maximum absolute atomic E-state index is 5.85. The number of hydrogen-bond acceptors (Lipinski definition) is 3. The summed E-state index contributed by atoms with van der Waals surface area (Å²) in [5, 5.41) is 0. The van der Waals surface area contributed by atoms with Crippen molar-refractivity contribution in [3.8, 4) is 0 Å². The maximum Gasteiger partial charge on any atom is 0.0707 e. The standard InChI is InChI=1S/C12H21NO2/c1-14-9-12(4-5-12)8-13-6-10-2-3-11(7-13)15-10/h10-11H,2-9H2,1H3. The van der Waals surface area contributed by atoms with E-state index in [-0.39, 0.29) is 0 Å². The van der Waals surface area contributed by atoms with E-state index in [1.807, 2.05) is 7.11 Å². The summed E-state index contributed by atoms with van der Waals surface area (Å²) >= 11 is 0. The van der Waals surface area contributed by atoms with Crippen molar-refractivity contribution in [2.45, 2.75) is 37.9 Å². The SMILES string of the molecule is COCC1(CN2CC3CCC(C2)O3)CC1. The van der Waals surface area contributed by atoms with E-state index >= 15 is 0 Å². The molecule has 0 aromatic rings. The van der Waals surface area contributed by atoms with Gasteiger partial charge in [-0.3, -0.25) is 4.90 Å². The molecule has 15 heavy (non-hydrogen) atoms. The van der Waals surface area contributed by atoms with E-state index in [1.165, 1.54) is 32.2 Å². The van der Waals surface area contributed by atoms with Crippen molar-refractivity contribution in [1.82, 2.24) is 4.90 Å². The molecule has 0 aromatic carbocycles. The van der Waals surface area contributed by atoms with Gasteiger partial charge in [0, 0.05) is 32.2 Å². The second-order valence-electron chi connectivity index (χ2n) is 5.58. The van der Waals surface area contributed by atoms with Crippen LogP contribution in [0, 0.1) is 5.41 Å². The van der Waals surface area contributed by atoms with Gasteiger partial charge in [-0.1, -0.05) is 0 Å². The minimum atomic E-state index is 0.505. The quantitative estimate of drug-likeness (QED) is 0.699. The lowest BCUT2D eigenvalue weighted by atomic mass is 10.1. The topological polar surface area (TPSA) is 21.7 Å². The Kier molecular flexibility index (Phi) is 2.49. The third kappa shape index (κ3) is 2.05. The molecule has 3 nitrogen and oxygen atoms in total. The van der Waals surface area contributed by atoms with Crippen molar-refractivity contribution in [2.75, 3.05) is 33.4 Å². The predicted molar refractivity (Wildman–Crippen MR) is 57.9 cm³/mol. The number of hydrogen-bond donors (Lipinski definition) is 0. The van der Waals surface area contributed by atoms with Crippen LogP contribution in [0.2, 0.25) is 0 Å². The van der Waals surface area contributed by atoms with E-state index in [2.05, 4.69) is 4.90 Å². The van der Waals surface area contributed by atoms with Crippen molar-refractivity contribution in [3.63, 3.8) is 0 Å². The third-order valence-corrected chi connectivity index (χ3v) is 4.09. The van der Waals surface area contributed by atoms with Crippen LogP contribution in [0.25, 0.3) is 0 Å². The highest BCUT2D eigenvalue weighted by molar-refractivity contribution is 4.97. The Balaban J connectivity index is 1.55. The number of nitrogens with zero attached hydrogens (tertiary/aromatic N) is 1. The summed E-state index contributed by atoms with van der Waals surface area (Å²) in [6.07, 6.45) is 6.32. The highest BCUT2D eigenvalue weighted by Gasteiger charge is 2.45. The third-order valence-electron chi connectivity index (χ3n) is 4.09. The lowest BCUT2D eigenvalue weighted by Gasteiger charge is -2.34. The van der Waals surface area contributed by atoms with Gasteiger partial charge < -0.3 is 9.47 Å². The summed E-state index contributed by atoms with van der Waals surface area (Å²) in [7, 11) is 1.82. The van der Waals surface area contributed by atoms with Gasteiger partial charge in [-0.2, -0.15) is 0 Å². The summed E-state index contributed by atoms with van der Waals surface area (Å²) in [4.78, 5) is 2.61. The van der Waals surface area contributed by atoms with E-state index in [1.54, 1.807) is 0 Å². The molecule has 0 N–H and O–H groups in total. The summed E-state index contributed by atoms with van der Waals surface area (Å²) in [6.45, 7) is 4.49. The first kappa shape index (κ1) is 10.1. The number of likely N-dealkylation sites (tertiary alicyclic amines) is 1. The monoisotopic (exact) mass is 211 g/mol. The summed E-state index contributed by atoms with van der Waals surface area (Å²) in [6, 6.07) is 0. The highest BCUT2D eigenvalue weighted by atomic mass is 16.5. The van der Waals surface area contributed by atoms with Gasteiger partial charge in [-0.15, -0.1) is 0 Å². The van der Waals surface area contributed by atoms with Crippen molar-refractivity contribution in [3.05, 3.63) is 0 Å². The molecule has 3 fully saturated rings. The maximum atomic E-state index is 5.85. The molecule has 2 atom stereocenters. The smallest absolute Gasteiger partial charge is 0.0707 e. The molecule has 0 aromatic heterocycles. The average molecular weight is 211 g/mol. The van der Waals surface area contributed by atoms with E-state index in [0.717, 1.165) is 19.7 Å². The van der Waals surface area contributed by atoms with Crippen molar-refractivity contribution in [2.24, 2.45) is 5.41 Å². The van der Waals surface area contributed by atoms with E-state index in [9.17, 15) is 0 Å². The first-order chi connectivity index (χ1) is 7.30. The molecule has 0 radical (unpaired) electrons. The molecule has 0 spiro atoms. The van der Waals surface area contributed by atoms with Gasteiger partial charge in [0.15, 0.2) is 0 Å². The van der Waals surface area contributed by atoms with Crippen LogP contribution in [-0.4, -0.2) is 50.5 Å². The molecule has 3 aliphatic rings. The highest BCUT2D eigenvalue weighted by Crippen LogP contribution is 2.47. The van der Waals surface area contributed by atoms with Crippen LogP contribution in [-0.2, 0) is 9.47 Å². The lowest BCUT2D eigenvalue weighted by molar-refractivity contribution is -0.0476. The molecule has 2 saturated heterocycles. The van der Waals surface area contributed by atoms with Gasteiger partial charge in [-0.25, -0.2) is 0 Å². The zero-order chi connectivity index (χ0) is 10.3. The Bertz CT molecular complexity index is 228. The molecule has 0 amide bonds. The Morgan fingerprint density at radius 3 is 2.47 bits per heavy atom. The van der Waals surface area contributed by atoms with Crippen LogP contribution >= 0.6 is 0 Å². The molecule has 3 rings (SSSR count). The van der Waals surface area contributed by atoms with E-state index in [4.69, 9.17) is 9.47 Å². The Morgan fingerprint density at radius 1 is 1.27 bits per heavy atom. The van der Waals surface area contributed by atoms with Crippen LogP contribution in [0.5, 0.6) is 0 Å². The first-order valence-corrected chi connectivity index (χ1v) is 6.16. The largest absolute Gasteiger partial charge is 0.384 e. The average Bonchev–Trinajstić information content (AvgIpc) is 2.87. The molecule has 1 aliphatic carbocycles.